The molecular weight excluding hydrogens is 190 g/mol. The average molecular weight is 213 g/mol. The van der Waals surface area contributed by atoms with E-state index in [1.807, 2.05) is 6.92 Å². The Morgan fingerprint density at radius 1 is 1.47 bits per heavy atom. The second-order valence-electron chi connectivity index (χ2n) is 4.74. The highest BCUT2D eigenvalue weighted by Gasteiger charge is 2.41. The van der Waals surface area contributed by atoms with Gasteiger partial charge in [0.1, 0.15) is 5.78 Å². The Morgan fingerprint density at radius 2 is 2.07 bits per heavy atom. The third-order valence-corrected chi connectivity index (χ3v) is 3.68. The van der Waals surface area contributed by atoms with Crippen molar-refractivity contribution in [2.45, 2.75) is 39.0 Å². The van der Waals surface area contributed by atoms with Gasteiger partial charge in [-0.1, -0.05) is 19.8 Å². The summed E-state index contributed by atoms with van der Waals surface area (Å²) in [4.78, 5) is 12.3. The molecule has 0 saturated heterocycles. The van der Waals surface area contributed by atoms with Gasteiger partial charge >= 0.3 is 0 Å². The number of nitrogens with two attached hydrogens (primary N) is 1. The van der Waals surface area contributed by atoms with Gasteiger partial charge in [0.05, 0.1) is 0 Å². The van der Waals surface area contributed by atoms with Crippen LogP contribution in [0.3, 0.4) is 0 Å². The lowest BCUT2D eigenvalue weighted by atomic mass is 9.76. The van der Waals surface area contributed by atoms with Gasteiger partial charge in [0.15, 0.2) is 0 Å². The van der Waals surface area contributed by atoms with Crippen molar-refractivity contribution in [2.75, 3.05) is 20.3 Å². The number of carbonyl (C=O) groups is 1. The van der Waals surface area contributed by atoms with Crippen LogP contribution in [-0.2, 0) is 9.53 Å². The quantitative estimate of drug-likeness (QED) is 0.731. The van der Waals surface area contributed by atoms with Gasteiger partial charge in [0, 0.05) is 31.6 Å². The molecule has 0 spiro atoms. The summed E-state index contributed by atoms with van der Waals surface area (Å²) in [5.41, 5.74) is 5.58. The first-order chi connectivity index (χ1) is 7.16. The molecule has 1 unspecified atom stereocenters. The topological polar surface area (TPSA) is 52.3 Å². The molecule has 1 aliphatic rings. The molecule has 1 aliphatic carbocycles. The summed E-state index contributed by atoms with van der Waals surface area (Å²) in [6.45, 7) is 3.17. The second kappa shape index (κ2) is 5.61. The predicted molar refractivity (Wildman–Crippen MR) is 60.6 cm³/mol. The number of hydrogen-bond acceptors (Lipinski definition) is 3. The largest absolute Gasteiger partial charge is 0.385 e. The zero-order chi connectivity index (χ0) is 11.3. The molecule has 1 fully saturated rings. The van der Waals surface area contributed by atoms with Gasteiger partial charge in [0.25, 0.3) is 0 Å². The molecule has 3 heteroatoms. The van der Waals surface area contributed by atoms with Gasteiger partial charge in [-0.2, -0.15) is 0 Å². The predicted octanol–water partition coefficient (Wildman–Crippen LogP) is 1.75. The van der Waals surface area contributed by atoms with Crippen molar-refractivity contribution in [3.05, 3.63) is 0 Å². The number of ether oxygens (including phenoxy) is 1. The maximum atomic E-state index is 12.3. The van der Waals surface area contributed by atoms with Crippen molar-refractivity contribution in [1.82, 2.24) is 0 Å². The fourth-order valence-electron chi connectivity index (χ4n) is 2.55. The Kier molecular flexibility index (Phi) is 4.74. The van der Waals surface area contributed by atoms with E-state index in [4.69, 9.17) is 10.5 Å². The summed E-state index contributed by atoms with van der Waals surface area (Å²) < 4.78 is 5.01. The van der Waals surface area contributed by atoms with Crippen LogP contribution < -0.4 is 5.73 Å². The molecule has 2 N–H and O–H groups in total. The van der Waals surface area contributed by atoms with Crippen LogP contribution >= 0.6 is 0 Å². The smallest absolute Gasteiger partial charge is 0.143 e. The van der Waals surface area contributed by atoms with E-state index in [0.717, 1.165) is 32.1 Å². The molecule has 0 aromatic carbocycles. The maximum Gasteiger partial charge on any atom is 0.143 e. The fourth-order valence-corrected chi connectivity index (χ4v) is 2.55. The Balaban J connectivity index is 2.56. The number of hydrogen-bond donors (Lipinski definition) is 1. The van der Waals surface area contributed by atoms with Gasteiger partial charge in [-0.15, -0.1) is 0 Å². The molecule has 0 amide bonds. The van der Waals surface area contributed by atoms with Crippen molar-refractivity contribution in [2.24, 2.45) is 17.1 Å². The summed E-state index contributed by atoms with van der Waals surface area (Å²) in [5.74, 6) is 0.450. The van der Waals surface area contributed by atoms with Crippen LogP contribution in [0, 0.1) is 11.3 Å². The van der Waals surface area contributed by atoms with Crippen LogP contribution in [-0.4, -0.2) is 26.0 Å². The van der Waals surface area contributed by atoms with Crippen LogP contribution in [0.15, 0.2) is 0 Å². The summed E-state index contributed by atoms with van der Waals surface area (Å²) in [6, 6.07) is 0. The van der Waals surface area contributed by atoms with Crippen LogP contribution in [0.1, 0.15) is 39.0 Å². The van der Waals surface area contributed by atoms with E-state index in [1.165, 1.54) is 0 Å². The Hall–Kier alpha value is -0.410. The molecule has 0 aromatic heterocycles. The Labute approximate surface area is 92.4 Å². The third kappa shape index (κ3) is 2.79. The SMILES string of the molecule is COCCC(C)C(=O)C1(CN)CCCC1. The number of carbonyl (C=O) groups excluding carboxylic acids is 1. The van der Waals surface area contributed by atoms with Crippen molar-refractivity contribution >= 4 is 5.78 Å². The van der Waals surface area contributed by atoms with E-state index < -0.39 is 0 Å². The van der Waals surface area contributed by atoms with E-state index >= 15 is 0 Å². The Bertz CT molecular complexity index is 210. The van der Waals surface area contributed by atoms with E-state index in [2.05, 4.69) is 0 Å². The summed E-state index contributed by atoms with van der Waals surface area (Å²) in [6.07, 6.45) is 5.09. The fraction of sp³-hybridized carbons (Fsp3) is 0.917. The molecule has 0 aliphatic heterocycles. The van der Waals surface area contributed by atoms with Gasteiger partial charge in [-0.25, -0.2) is 0 Å². The highest BCUT2D eigenvalue weighted by molar-refractivity contribution is 5.87. The normalized spacial score (nSPS) is 21.5. The minimum absolute atomic E-state index is 0.0894. The molecule has 88 valence electrons. The lowest BCUT2D eigenvalue weighted by molar-refractivity contribution is -0.132. The summed E-state index contributed by atoms with van der Waals surface area (Å²) in [5, 5.41) is 0. The van der Waals surface area contributed by atoms with E-state index in [-0.39, 0.29) is 11.3 Å². The van der Waals surface area contributed by atoms with Gasteiger partial charge in [-0.05, 0) is 19.3 Å². The average Bonchev–Trinajstić information content (AvgIpc) is 2.74. The van der Waals surface area contributed by atoms with Crippen LogP contribution in [0.4, 0.5) is 0 Å². The number of ketones is 1. The lowest BCUT2D eigenvalue weighted by Gasteiger charge is -2.28. The zero-order valence-electron chi connectivity index (χ0n) is 9.92. The van der Waals surface area contributed by atoms with Gasteiger partial charge in [-0.3, -0.25) is 4.79 Å². The molecule has 1 atom stereocenters. The van der Waals surface area contributed by atoms with Gasteiger partial charge < -0.3 is 10.5 Å². The summed E-state index contributed by atoms with van der Waals surface area (Å²) in [7, 11) is 1.67. The maximum absolute atomic E-state index is 12.3. The minimum atomic E-state index is -0.201. The van der Waals surface area contributed by atoms with Gasteiger partial charge in [0.2, 0.25) is 0 Å². The van der Waals surface area contributed by atoms with Crippen LogP contribution in [0.2, 0.25) is 0 Å². The third-order valence-electron chi connectivity index (χ3n) is 3.68. The minimum Gasteiger partial charge on any atom is -0.385 e. The number of rotatable bonds is 6. The molecular formula is C12H23NO2. The van der Waals surface area contributed by atoms with E-state index in [0.29, 0.717) is 18.9 Å². The molecule has 0 radical (unpaired) electrons. The molecule has 0 heterocycles. The highest BCUT2D eigenvalue weighted by atomic mass is 16.5. The highest BCUT2D eigenvalue weighted by Crippen LogP contribution is 2.40. The number of Topliss-reactive ketones (excluding diaryl/α,β-unsaturated/α-hetero) is 1. The first-order valence-corrected chi connectivity index (χ1v) is 5.89. The first-order valence-electron chi connectivity index (χ1n) is 5.89. The Morgan fingerprint density at radius 3 is 2.53 bits per heavy atom. The van der Waals surface area contributed by atoms with Crippen molar-refractivity contribution in [1.29, 1.82) is 0 Å². The van der Waals surface area contributed by atoms with E-state index in [9.17, 15) is 4.79 Å². The molecule has 1 rings (SSSR count). The molecule has 15 heavy (non-hydrogen) atoms. The standard InChI is InChI=1S/C12H23NO2/c1-10(5-8-15-2)11(14)12(9-13)6-3-4-7-12/h10H,3-9,13H2,1-2H3. The van der Waals surface area contributed by atoms with Crippen molar-refractivity contribution in [3.63, 3.8) is 0 Å². The number of methoxy groups -OCH3 is 1. The summed E-state index contributed by atoms with van der Waals surface area (Å²) >= 11 is 0. The van der Waals surface area contributed by atoms with Crippen molar-refractivity contribution in [3.8, 4) is 0 Å². The monoisotopic (exact) mass is 213 g/mol. The lowest BCUT2D eigenvalue weighted by Crippen LogP contribution is -2.39. The van der Waals surface area contributed by atoms with Crippen LogP contribution in [0.5, 0.6) is 0 Å². The molecule has 0 bridgehead atoms. The van der Waals surface area contributed by atoms with E-state index in [1.54, 1.807) is 7.11 Å². The van der Waals surface area contributed by atoms with Crippen LogP contribution in [0.25, 0.3) is 0 Å². The molecule has 1 saturated carbocycles. The van der Waals surface area contributed by atoms with Crippen molar-refractivity contribution < 1.29 is 9.53 Å². The first kappa shape index (κ1) is 12.7. The zero-order valence-corrected chi connectivity index (χ0v) is 9.92. The molecule has 0 aromatic rings. The molecule has 3 nitrogen and oxygen atoms in total. The second-order valence-corrected chi connectivity index (χ2v) is 4.74.